The van der Waals surface area contributed by atoms with E-state index in [4.69, 9.17) is 0 Å². The minimum Gasteiger partial charge on any atom is -0.325 e. The maximum Gasteiger partial charge on any atom is 0.269 e. The van der Waals surface area contributed by atoms with Crippen LogP contribution in [0.4, 0.5) is 11.4 Å². The number of imide groups is 1. The van der Waals surface area contributed by atoms with Crippen LogP contribution < -0.4 is 5.32 Å². The molecule has 0 spiro atoms. The van der Waals surface area contributed by atoms with Crippen LogP contribution in [0.5, 0.6) is 0 Å². The molecule has 1 heterocycles. The van der Waals surface area contributed by atoms with Crippen molar-refractivity contribution in [3.05, 3.63) is 34.4 Å². The van der Waals surface area contributed by atoms with E-state index in [1.165, 1.54) is 24.3 Å². The van der Waals surface area contributed by atoms with E-state index in [1.54, 1.807) is 0 Å². The zero-order valence-corrected chi connectivity index (χ0v) is 12.9. The lowest BCUT2D eigenvalue weighted by Crippen LogP contribution is -2.38. The van der Waals surface area contributed by atoms with Gasteiger partial charge in [0.2, 0.25) is 17.7 Å². The van der Waals surface area contributed by atoms with E-state index in [2.05, 4.69) is 5.32 Å². The normalized spacial score (nSPS) is 23.1. The molecule has 1 N–H and O–H groups in total. The number of benzene rings is 1. The number of non-ortho nitro benzene ring substituents is 1. The van der Waals surface area contributed by atoms with Crippen molar-refractivity contribution >= 4 is 29.1 Å². The van der Waals surface area contributed by atoms with Gasteiger partial charge in [-0.25, -0.2) is 0 Å². The lowest BCUT2D eigenvalue weighted by atomic mass is 9.81. The van der Waals surface area contributed by atoms with Crippen molar-refractivity contribution in [1.82, 2.24) is 4.90 Å². The maximum atomic E-state index is 12.3. The molecule has 24 heavy (non-hydrogen) atoms. The van der Waals surface area contributed by atoms with Crippen molar-refractivity contribution in [2.24, 2.45) is 11.8 Å². The first-order valence-corrected chi connectivity index (χ1v) is 7.87. The van der Waals surface area contributed by atoms with E-state index in [1.807, 2.05) is 0 Å². The molecular weight excluding hydrogens is 314 g/mol. The Hall–Kier alpha value is -2.77. The smallest absolute Gasteiger partial charge is 0.269 e. The number of nitrogens with one attached hydrogen (secondary N) is 1. The van der Waals surface area contributed by atoms with Gasteiger partial charge >= 0.3 is 0 Å². The summed E-state index contributed by atoms with van der Waals surface area (Å²) in [5.41, 5.74) is 0.295. The summed E-state index contributed by atoms with van der Waals surface area (Å²) in [5, 5.41) is 13.1. The average molecular weight is 331 g/mol. The van der Waals surface area contributed by atoms with Gasteiger partial charge in [0.15, 0.2) is 0 Å². The minimum atomic E-state index is -0.533. The van der Waals surface area contributed by atoms with Crippen molar-refractivity contribution in [1.29, 1.82) is 0 Å². The van der Waals surface area contributed by atoms with Gasteiger partial charge in [-0.3, -0.25) is 29.4 Å². The van der Waals surface area contributed by atoms with Crippen LogP contribution >= 0.6 is 0 Å². The highest BCUT2D eigenvalue weighted by Crippen LogP contribution is 2.37. The number of rotatable bonds is 4. The number of anilines is 1. The quantitative estimate of drug-likeness (QED) is 0.513. The maximum absolute atomic E-state index is 12.3. The van der Waals surface area contributed by atoms with Gasteiger partial charge in [-0.1, -0.05) is 12.8 Å². The van der Waals surface area contributed by atoms with Gasteiger partial charge in [0.1, 0.15) is 6.54 Å². The summed E-state index contributed by atoms with van der Waals surface area (Å²) in [6.45, 7) is -0.318. The SMILES string of the molecule is O=C(CN1C(=O)C2CCCCC2C1=O)Nc1ccc([N+](=O)[O-])cc1. The number of fused-ring (bicyclic) bond motifs is 1. The standard InChI is InChI=1S/C16H17N3O5/c20-14(17-10-5-7-11(8-6-10)19(23)24)9-18-15(21)12-3-1-2-4-13(12)16(18)22/h5-8,12-13H,1-4,9H2,(H,17,20). The Morgan fingerprint density at radius 1 is 1.12 bits per heavy atom. The summed E-state index contributed by atoms with van der Waals surface area (Å²) in [4.78, 5) is 47.8. The van der Waals surface area contributed by atoms with Crippen LogP contribution in [-0.4, -0.2) is 34.1 Å². The van der Waals surface area contributed by atoms with Gasteiger partial charge < -0.3 is 5.32 Å². The Labute approximate surface area is 138 Å². The molecule has 8 nitrogen and oxygen atoms in total. The molecule has 2 atom stereocenters. The fraction of sp³-hybridized carbons (Fsp3) is 0.438. The van der Waals surface area contributed by atoms with Gasteiger partial charge in [-0.2, -0.15) is 0 Å². The van der Waals surface area contributed by atoms with Crippen LogP contribution in [0, 0.1) is 22.0 Å². The Bertz CT molecular complexity index is 676. The van der Waals surface area contributed by atoms with E-state index < -0.39 is 10.8 Å². The highest BCUT2D eigenvalue weighted by Gasteiger charge is 2.48. The Morgan fingerprint density at radius 3 is 2.17 bits per heavy atom. The largest absolute Gasteiger partial charge is 0.325 e. The van der Waals surface area contributed by atoms with E-state index in [9.17, 15) is 24.5 Å². The topological polar surface area (TPSA) is 110 Å². The van der Waals surface area contributed by atoms with Crippen molar-refractivity contribution in [2.75, 3.05) is 11.9 Å². The summed E-state index contributed by atoms with van der Waals surface area (Å²) in [7, 11) is 0. The van der Waals surface area contributed by atoms with E-state index >= 15 is 0 Å². The highest BCUT2D eigenvalue weighted by atomic mass is 16.6. The number of amides is 3. The third-order valence-corrected chi connectivity index (χ3v) is 4.60. The molecule has 0 bridgehead atoms. The predicted octanol–water partition coefficient (Wildman–Crippen LogP) is 1.71. The molecule has 0 radical (unpaired) electrons. The highest BCUT2D eigenvalue weighted by molar-refractivity contribution is 6.08. The van der Waals surface area contributed by atoms with Gasteiger partial charge in [0.25, 0.3) is 5.69 Å². The monoisotopic (exact) mass is 331 g/mol. The molecule has 126 valence electrons. The third-order valence-electron chi connectivity index (χ3n) is 4.60. The van der Waals surface area contributed by atoms with Crippen LogP contribution in [0.2, 0.25) is 0 Å². The van der Waals surface area contributed by atoms with Crippen LogP contribution in [0.15, 0.2) is 24.3 Å². The molecule has 2 fully saturated rings. The fourth-order valence-electron chi connectivity index (χ4n) is 3.40. The van der Waals surface area contributed by atoms with E-state index in [-0.39, 0.29) is 35.9 Å². The van der Waals surface area contributed by atoms with Gasteiger partial charge in [0.05, 0.1) is 16.8 Å². The first-order chi connectivity index (χ1) is 11.5. The molecule has 1 aliphatic heterocycles. The predicted molar refractivity (Wildman–Crippen MR) is 83.9 cm³/mol. The number of carbonyl (C=O) groups excluding carboxylic acids is 3. The summed E-state index contributed by atoms with van der Waals surface area (Å²) in [6.07, 6.45) is 3.28. The van der Waals surface area contributed by atoms with E-state index in [0.717, 1.165) is 17.7 Å². The van der Waals surface area contributed by atoms with Crippen LogP contribution in [0.1, 0.15) is 25.7 Å². The molecule has 3 rings (SSSR count). The lowest BCUT2D eigenvalue weighted by Gasteiger charge is -2.19. The van der Waals surface area contributed by atoms with Crippen LogP contribution in [-0.2, 0) is 14.4 Å². The van der Waals surface area contributed by atoms with Crippen molar-refractivity contribution in [3.8, 4) is 0 Å². The minimum absolute atomic E-state index is 0.0815. The van der Waals surface area contributed by atoms with Crippen molar-refractivity contribution in [3.63, 3.8) is 0 Å². The molecule has 1 aromatic rings. The molecule has 1 aliphatic carbocycles. The molecule has 1 aromatic carbocycles. The molecule has 2 aliphatic rings. The summed E-state index contributed by atoms with van der Waals surface area (Å²) in [5.74, 6) is -1.58. The zero-order chi connectivity index (χ0) is 17.3. The average Bonchev–Trinajstić information content (AvgIpc) is 2.81. The molecule has 8 heteroatoms. The number of nitrogens with zero attached hydrogens (tertiary/aromatic N) is 2. The lowest BCUT2D eigenvalue weighted by molar-refractivity contribution is -0.384. The molecular formula is C16H17N3O5. The Balaban J connectivity index is 1.63. The zero-order valence-electron chi connectivity index (χ0n) is 12.9. The second-order valence-electron chi connectivity index (χ2n) is 6.11. The van der Waals surface area contributed by atoms with Crippen molar-refractivity contribution in [2.45, 2.75) is 25.7 Å². The summed E-state index contributed by atoms with van der Waals surface area (Å²) >= 11 is 0. The van der Waals surface area contributed by atoms with Gasteiger partial charge in [0, 0.05) is 17.8 Å². The number of nitro benzene ring substituents is 1. The molecule has 2 unspecified atom stereocenters. The van der Waals surface area contributed by atoms with Crippen LogP contribution in [0.3, 0.4) is 0 Å². The molecule has 1 saturated carbocycles. The summed E-state index contributed by atoms with van der Waals surface area (Å²) < 4.78 is 0. The first-order valence-electron chi connectivity index (χ1n) is 7.87. The molecule has 1 saturated heterocycles. The first kappa shape index (κ1) is 16.1. The Kier molecular flexibility index (Phi) is 4.28. The fourth-order valence-corrected chi connectivity index (χ4v) is 3.40. The summed E-state index contributed by atoms with van der Waals surface area (Å²) in [6, 6.07) is 5.36. The second-order valence-corrected chi connectivity index (χ2v) is 6.11. The second kappa shape index (κ2) is 6.38. The Morgan fingerprint density at radius 2 is 1.67 bits per heavy atom. The third kappa shape index (κ3) is 2.99. The van der Waals surface area contributed by atoms with Gasteiger partial charge in [-0.05, 0) is 25.0 Å². The van der Waals surface area contributed by atoms with Gasteiger partial charge in [-0.15, -0.1) is 0 Å². The molecule has 3 amide bonds. The molecule has 0 aromatic heterocycles. The van der Waals surface area contributed by atoms with Crippen molar-refractivity contribution < 1.29 is 19.3 Å². The number of nitro groups is 1. The number of hydrogen-bond donors (Lipinski definition) is 1. The van der Waals surface area contributed by atoms with E-state index in [0.29, 0.717) is 18.5 Å². The van der Waals surface area contributed by atoms with Crippen LogP contribution in [0.25, 0.3) is 0 Å². The number of carbonyl (C=O) groups is 3. The number of hydrogen-bond acceptors (Lipinski definition) is 5. The number of likely N-dealkylation sites (tertiary alicyclic amines) is 1.